The number of nitrogens with zero attached hydrogens (tertiary/aromatic N) is 4. The smallest absolute Gasteiger partial charge is 0.358 e. The van der Waals surface area contributed by atoms with E-state index in [1.807, 2.05) is 20.8 Å². The number of rotatable bonds is 4. The minimum absolute atomic E-state index is 0.224. The van der Waals surface area contributed by atoms with Crippen molar-refractivity contribution >= 4 is 5.82 Å². The zero-order valence-electron chi connectivity index (χ0n) is 9.45. The van der Waals surface area contributed by atoms with E-state index in [1.165, 1.54) is 17.1 Å². The van der Waals surface area contributed by atoms with Crippen LogP contribution in [0.25, 0.3) is 0 Å². The van der Waals surface area contributed by atoms with Crippen molar-refractivity contribution in [1.29, 1.82) is 0 Å². The maximum atomic E-state index is 10.7. The maximum Gasteiger partial charge on any atom is 0.381 e. The Kier molecular flexibility index (Phi) is 3.36. The molecule has 1 unspecified atom stereocenters. The van der Waals surface area contributed by atoms with Gasteiger partial charge in [-0.25, -0.2) is 0 Å². The zero-order chi connectivity index (χ0) is 12.3. The highest BCUT2D eigenvalue weighted by Crippen LogP contribution is 2.23. The van der Waals surface area contributed by atoms with Crippen molar-refractivity contribution in [2.24, 2.45) is 10.6 Å². The molecule has 0 aliphatic heterocycles. The zero-order valence-corrected chi connectivity index (χ0v) is 9.45. The Labute approximate surface area is 92.6 Å². The summed E-state index contributed by atoms with van der Waals surface area (Å²) in [5, 5.41) is 13.5. The Morgan fingerprint density at radius 2 is 2.25 bits per heavy atom. The highest BCUT2D eigenvalue weighted by atomic mass is 16.6. The number of imidazole rings is 1. The molecule has 16 heavy (non-hydrogen) atoms. The largest absolute Gasteiger partial charge is 0.381 e. The second kappa shape index (κ2) is 4.38. The van der Waals surface area contributed by atoms with E-state index in [9.17, 15) is 15.0 Å². The van der Waals surface area contributed by atoms with E-state index in [-0.39, 0.29) is 11.2 Å². The summed E-state index contributed by atoms with van der Waals surface area (Å²) < 4.78 is 1.51. The molecule has 1 heterocycles. The van der Waals surface area contributed by atoms with E-state index in [0.29, 0.717) is 6.54 Å². The summed E-state index contributed by atoms with van der Waals surface area (Å²) in [4.78, 5) is 24.1. The molecule has 0 saturated carbocycles. The maximum absolute atomic E-state index is 10.7. The molecule has 0 saturated heterocycles. The summed E-state index contributed by atoms with van der Waals surface area (Å²) >= 11 is 0. The van der Waals surface area contributed by atoms with Gasteiger partial charge in [-0.3, -0.25) is 0 Å². The van der Waals surface area contributed by atoms with Gasteiger partial charge in [0.05, 0.1) is 6.54 Å². The van der Waals surface area contributed by atoms with Crippen molar-refractivity contribution in [3.8, 4) is 0 Å². The second-order valence-corrected chi connectivity index (χ2v) is 4.67. The molecule has 88 valence electrons. The fourth-order valence-corrected chi connectivity index (χ4v) is 1.21. The summed E-state index contributed by atoms with van der Waals surface area (Å²) in [5.74, 6) is -0.224. The number of hydrogen-bond acceptors (Lipinski definition) is 5. The average Bonchev–Trinajstić information content (AvgIpc) is 2.60. The van der Waals surface area contributed by atoms with Gasteiger partial charge in [0.25, 0.3) is 0 Å². The van der Waals surface area contributed by atoms with Crippen LogP contribution in [0.4, 0.5) is 5.82 Å². The molecule has 7 heteroatoms. The normalized spacial score (nSPS) is 13.4. The summed E-state index contributed by atoms with van der Waals surface area (Å²) in [6.07, 6.45) is 2.63. The number of nitro groups is 1. The van der Waals surface area contributed by atoms with Crippen LogP contribution in [0.2, 0.25) is 0 Å². The van der Waals surface area contributed by atoms with Crippen LogP contribution in [0.5, 0.6) is 0 Å². The fourth-order valence-electron chi connectivity index (χ4n) is 1.21. The van der Waals surface area contributed by atoms with Gasteiger partial charge < -0.3 is 14.7 Å². The Balaban J connectivity index is 2.79. The van der Waals surface area contributed by atoms with Gasteiger partial charge in [-0.1, -0.05) is 25.9 Å². The third-order valence-corrected chi connectivity index (χ3v) is 2.32. The van der Waals surface area contributed by atoms with Gasteiger partial charge in [0.2, 0.25) is 6.33 Å². The molecule has 0 amide bonds. The van der Waals surface area contributed by atoms with Crippen molar-refractivity contribution < 1.29 is 4.92 Å². The highest BCUT2D eigenvalue weighted by molar-refractivity contribution is 5.12. The number of aromatic nitrogens is 2. The van der Waals surface area contributed by atoms with Crippen LogP contribution < -0.4 is 0 Å². The van der Waals surface area contributed by atoms with Crippen LogP contribution in [0.3, 0.4) is 0 Å². The molecule has 1 atom stereocenters. The Hall–Kier alpha value is -1.79. The molecule has 0 bridgehead atoms. The Morgan fingerprint density at radius 3 is 2.62 bits per heavy atom. The van der Waals surface area contributed by atoms with Gasteiger partial charge in [-0.05, 0) is 15.3 Å². The predicted octanol–water partition coefficient (Wildman–Crippen LogP) is 1.97. The third kappa shape index (κ3) is 2.85. The molecule has 0 aromatic carbocycles. The Morgan fingerprint density at radius 1 is 1.62 bits per heavy atom. The second-order valence-electron chi connectivity index (χ2n) is 4.67. The molecule has 0 N–H and O–H groups in total. The van der Waals surface area contributed by atoms with E-state index >= 15 is 0 Å². The minimum atomic E-state index is -0.572. The van der Waals surface area contributed by atoms with Crippen LogP contribution in [0.1, 0.15) is 20.8 Å². The molecule has 0 spiro atoms. The molecule has 0 aliphatic carbocycles. The van der Waals surface area contributed by atoms with Gasteiger partial charge in [0, 0.05) is 0 Å². The lowest BCUT2D eigenvalue weighted by molar-refractivity contribution is -0.389. The van der Waals surface area contributed by atoms with Gasteiger partial charge in [0.15, 0.2) is 0 Å². The summed E-state index contributed by atoms with van der Waals surface area (Å²) in [5.41, 5.74) is -0.277. The molecular formula is C9H14N4O3. The topological polar surface area (TPSA) is 90.4 Å². The van der Waals surface area contributed by atoms with E-state index < -0.39 is 11.0 Å². The van der Waals surface area contributed by atoms with Crippen molar-refractivity contribution in [1.82, 2.24) is 9.55 Å². The Bertz CT molecular complexity index is 394. The first kappa shape index (κ1) is 12.3. The lowest BCUT2D eigenvalue weighted by Gasteiger charge is -2.24. The van der Waals surface area contributed by atoms with Gasteiger partial charge >= 0.3 is 5.82 Å². The SMILES string of the molecule is CC(C)(C)C(Cn1cnc([N+](=O)[O-])c1)N=O. The molecule has 7 nitrogen and oxygen atoms in total. The number of nitroso groups, excluding NO2 is 1. The highest BCUT2D eigenvalue weighted by Gasteiger charge is 2.26. The molecule has 0 fully saturated rings. The first-order valence-electron chi connectivity index (χ1n) is 4.83. The van der Waals surface area contributed by atoms with E-state index in [1.54, 1.807) is 0 Å². The van der Waals surface area contributed by atoms with Crippen molar-refractivity contribution in [2.75, 3.05) is 0 Å². The lowest BCUT2D eigenvalue weighted by atomic mass is 9.87. The fraction of sp³-hybridized carbons (Fsp3) is 0.667. The van der Waals surface area contributed by atoms with Gasteiger partial charge in [0.1, 0.15) is 12.2 Å². The molecular weight excluding hydrogens is 212 g/mol. The van der Waals surface area contributed by atoms with Crippen molar-refractivity contribution in [2.45, 2.75) is 33.4 Å². The molecule has 1 rings (SSSR count). The average molecular weight is 226 g/mol. The van der Waals surface area contributed by atoms with Crippen LogP contribution >= 0.6 is 0 Å². The lowest BCUT2D eigenvalue weighted by Crippen LogP contribution is -2.28. The minimum Gasteiger partial charge on any atom is -0.358 e. The predicted molar refractivity (Wildman–Crippen MR) is 57.9 cm³/mol. The summed E-state index contributed by atoms with van der Waals surface area (Å²) in [7, 11) is 0. The third-order valence-electron chi connectivity index (χ3n) is 2.32. The summed E-state index contributed by atoms with van der Waals surface area (Å²) in [6.45, 7) is 5.98. The summed E-state index contributed by atoms with van der Waals surface area (Å²) in [6, 6.07) is -0.443. The standard InChI is InChI=1S/C9H14N4O3/c1-9(2,3)7(11-14)4-12-5-8(10-6-12)13(15)16/h5-7H,4H2,1-3H3. The monoisotopic (exact) mass is 226 g/mol. The number of hydrogen-bond donors (Lipinski definition) is 0. The quantitative estimate of drug-likeness (QED) is 0.446. The van der Waals surface area contributed by atoms with Gasteiger partial charge in [-0.2, -0.15) is 4.91 Å². The van der Waals surface area contributed by atoms with E-state index in [0.717, 1.165) is 0 Å². The van der Waals surface area contributed by atoms with Crippen LogP contribution in [-0.4, -0.2) is 20.5 Å². The molecule has 1 aromatic rings. The van der Waals surface area contributed by atoms with Crippen LogP contribution in [0.15, 0.2) is 17.7 Å². The van der Waals surface area contributed by atoms with Gasteiger partial charge in [-0.15, -0.1) is 0 Å². The first-order chi connectivity index (χ1) is 7.34. The van der Waals surface area contributed by atoms with Crippen LogP contribution in [-0.2, 0) is 6.54 Å². The van der Waals surface area contributed by atoms with Crippen molar-refractivity contribution in [3.63, 3.8) is 0 Å². The van der Waals surface area contributed by atoms with Crippen LogP contribution in [0, 0.1) is 20.4 Å². The van der Waals surface area contributed by atoms with Crippen molar-refractivity contribution in [3.05, 3.63) is 27.5 Å². The van der Waals surface area contributed by atoms with E-state index in [2.05, 4.69) is 10.2 Å². The molecule has 0 aliphatic rings. The molecule has 1 aromatic heterocycles. The van der Waals surface area contributed by atoms with E-state index in [4.69, 9.17) is 0 Å². The first-order valence-corrected chi connectivity index (χ1v) is 4.83. The molecule has 0 radical (unpaired) electrons.